The van der Waals surface area contributed by atoms with E-state index in [1.807, 2.05) is 0 Å². The lowest BCUT2D eigenvalue weighted by atomic mass is 10.3. The molecule has 0 heterocycles. The molecule has 5 heteroatoms. The molecule has 2 nitrogen and oxygen atoms in total. The average Bonchev–Trinajstić information content (AvgIpc) is 2.03. The van der Waals surface area contributed by atoms with Crippen molar-refractivity contribution in [1.82, 2.24) is 0 Å². The molecule has 1 aromatic rings. The minimum absolute atomic E-state index is 0.0544. The van der Waals surface area contributed by atoms with E-state index in [1.165, 1.54) is 0 Å². The number of hydrogen-bond acceptors (Lipinski definition) is 2. The van der Waals surface area contributed by atoms with E-state index in [0.29, 0.717) is 16.5 Å². The molecular weight excluding hydrogens is 232 g/mol. The van der Waals surface area contributed by atoms with Crippen LogP contribution in [-0.2, 0) is 0 Å². The van der Waals surface area contributed by atoms with Gasteiger partial charge in [-0.25, -0.2) is 4.99 Å². The summed E-state index contributed by atoms with van der Waals surface area (Å²) in [7, 11) is 1.54. The molecule has 0 radical (unpaired) electrons. The lowest BCUT2D eigenvalue weighted by Crippen LogP contribution is -1.82. The van der Waals surface area contributed by atoms with E-state index in [4.69, 9.17) is 39.5 Å². The summed E-state index contributed by atoms with van der Waals surface area (Å²) >= 11 is 16.6. The van der Waals surface area contributed by atoms with Crippen LogP contribution in [0.25, 0.3) is 0 Å². The van der Waals surface area contributed by atoms with Gasteiger partial charge in [-0.1, -0.05) is 11.6 Å². The van der Waals surface area contributed by atoms with Crippen LogP contribution < -0.4 is 4.74 Å². The van der Waals surface area contributed by atoms with Crippen LogP contribution in [0.3, 0.4) is 0 Å². The second-order valence-corrected chi connectivity index (χ2v) is 3.49. The Labute approximate surface area is 91.1 Å². The van der Waals surface area contributed by atoms with Crippen molar-refractivity contribution in [3.63, 3.8) is 0 Å². The summed E-state index contributed by atoms with van der Waals surface area (Å²) in [6.07, 6.45) is 0. The van der Waals surface area contributed by atoms with Crippen molar-refractivity contribution < 1.29 is 4.74 Å². The molecule has 0 aliphatic rings. The molecular formula is C8H6Cl3NO. The van der Waals surface area contributed by atoms with Crippen LogP contribution >= 0.6 is 34.8 Å². The molecule has 0 saturated heterocycles. The molecule has 0 saturated carbocycles. The second-order valence-electron chi connectivity index (χ2n) is 2.17. The Bertz CT molecular complexity index is 334. The van der Waals surface area contributed by atoms with Gasteiger partial charge in [0.1, 0.15) is 5.75 Å². The first kappa shape index (κ1) is 10.6. The van der Waals surface area contributed by atoms with E-state index < -0.39 is 0 Å². The van der Waals surface area contributed by atoms with Crippen molar-refractivity contribution in [3.8, 4) is 5.75 Å². The van der Waals surface area contributed by atoms with Gasteiger partial charge in [-0.2, -0.15) is 0 Å². The lowest BCUT2D eigenvalue weighted by Gasteiger charge is -2.02. The van der Waals surface area contributed by atoms with E-state index in [0.717, 1.165) is 0 Å². The summed E-state index contributed by atoms with van der Waals surface area (Å²) in [6, 6.07) is 5.01. The molecule has 70 valence electrons. The fourth-order valence-electron chi connectivity index (χ4n) is 0.822. The monoisotopic (exact) mass is 237 g/mol. The Morgan fingerprint density at radius 3 is 2.54 bits per heavy atom. The van der Waals surface area contributed by atoms with E-state index in [1.54, 1.807) is 25.3 Å². The minimum Gasteiger partial charge on any atom is -0.495 e. The molecule has 1 rings (SSSR count). The van der Waals surface area contributed by atoms with Crippen LogP contribution in [0, 0.1) is 0 Å². The smallest absolute Gasteiger partial charge is 0.197 e. The number of aliphatic imine (C=N–C) groups is 1. The van der Waals surface area contributed by atoms with Crippen molar-refractivity contribution in [2.45, 2.75) is 0 Å². The van der Waals surface area contributed by atoms with Gasteiger partial charge in [0.2, 0.25) is 0 Å². The first-order valence-electron chi connectivity index (χ1n) is 3.36. The molecule has 1 aromatic carbocycles. The summed E-state index contributed by atoms with van der Waals surface area (Å²) in [5, 5.41) is 0.471. The Morgan fingerprint density at radius 1 is 1.38 bits per heavy atom. The standard InChI is InChI=1S/C8H6Cl3NO/c1-13-7-3-2-5(4-6(7)9)12-8(10)11/h2-4H,1H3. The third-order valence-electron chi connectivity index (χ3n) is 1.35. The first-order chi connectivity index (χ1) is 6.13. The highest BCUT2D eigenvalue weighted by molar-refractivity contribution is 6.95. The maximum atomic E-state index is 5.83. The summed E-state index contributed by atoms with van der Waals surface area (Å²) in [5.74, 6) is 0.589. The minimum atomic E-state index is -0.0544. The highest BCUT2D eigenvalue weighted by atomic mass is 35.5. The van der Waals surface area contributed by atoms with E-state index >= 15 is 0 Å². The fraction of sp³-hybridized carbons (Fsp3) is 0.125. The predicted octanol–water partition coefficient (Wildman–Crippen LogP) is 3.81. The molecule has 0 aliphatic heterocycles. The molecule has 0 aliphatic carbocycles. The van der Waals surface area contributed by atoms with Crippen LogP contribution in [0.4, 0.5) is 5.69 Å². The molecule has 0 amide bonds. The zero-order chi connectivity index (χ0) is 9.84. The number of methoxy groups -OCH3 is 1. The van der Waals surface area contributed by atoms with Gasteiger partial charge in [0.15, 0.2) is 4.63 Å². The largest absolute Gasteiger partial charge is 0.495 e. The summed E-state index contributed by atoms with van der Waals surface area (Å²) in [4.78, 5) is 3.80. The van der Waals surface area contributed by atoms with Crippen LogP contribution in [0.15, 0.2) is 23.2 Å². The molecule has 0 fully saturated rings. The molecule has 0 bridgehead atoms. The van der Waals surface area contributed by atoms with Crippen LogP contribution in [0.2, 0.25) is 5.02 Å². The van der Waals surface area contributed by atoms with E-state index in [2.05, 4.69) is 4.99 Å². The van der Waals surface area contributed by atoms with Gasteiger partial charge >= 0.3 is 0 Å². The zero-order valence-electron chi connectivity index (χ0n) is 6.72. The van der Waals surface area contributed by atoms with Crippen molar-refractivity contribution >= 4 is 45.1 Å². The number of benzene rings is 1. The predicted molar refractivity (Wildman–Crippen MR) is 56.8 cm³/mol. The van der Waals surface area contributed by atoms with Gasteiger partial charge in [-0.3, -0.25) is 0 Å². The molecule has 0 spiro atoms. The quantitative estimate of drug-likeness (QED) is 0.718. The van der Waals surface area contributed by atoms with E-state index in [9.17, 15) is 0 Å². The number of ether oxygens (including phenoxy) is 1. The summed E-state index contributed by atoms with van der Waals surface area (Å²) in [5.41, 5.74) is 0.589. The van der Waals surface area contributed by atoms with Crippen LogP contribution in [-0.4, -0.2) is 11.7 Å². The highest BCUT2D eigenvalue weighted by Gasteiger charge is 2.00. The average molecular weight is 239 g/mol. The summed E-state index contributed by atoms with van der Waals surface area (Å²) in [6.45, 7) is 0. The van der Waals surface area contributed by atoms with E-state index in [-0.39, 0.29) is 4.63 Å². The topological polar surface area (TPSA) is 21.6 Å². The van der Waals surface area contributed by atoms with Gasteiger partial charge in [0, 0.05) is 0 Å². The molecule has 13 heavy (non-hydrogen) atoms. The SMILES string of the molecule is COc1ccc(N=C(Cl)Cl)cc1Cl. The maximum absolute atomic E-state index is 5.83. The third-order valence-corrected chi connectivity index (χ3v) is 1.81. The van der Waals surface area contributed by atoms with Gasteiger partial charge in [0.05, 0.1) is 17.8 Å². The number of halogens is 3. The van der Waals surface area contributed by atoms with Crippen molar-refractivity contribution in [2.75, 3.05) is 7.11 Å². The third kappa shape index (κ3) is 3.07. The van der Waals surface area contributed by atoms with Crippen molar-refractivity contribution in [3.05, 3.63) is 23.2 Å². The molecule has 0 unspecified atom stereocenters. The van der Waals surface area contributed by atoms with Gasteiger partial charge in [-0.05, 0) is 41.4 Å². The fourth-order valence-corrected chi connectivity index (χ4v) is 1.27. The van der Waals surface area contributed by atoms with Crippen molar-refractivity contribution in [1.29, 1.82) is 0 Å². The summed E-state index contributed by atoms with van der Waals surface area (Å²) < 4.78 is 4.90. The maximum Gasteiger partial charge on any atom is 0.197 e. The van der Waals surface area contributed by atoms with Crippen LogP contribution in [0.5, 0.6) is 5.75 Å². The Morgan fingerprint density at radius 2 is 2.08 bits per heavy atom. The number of nitrogens with zero attached hydrogens (tertiary/aromatic N) is 1. The lowest BCUT2D eigenvalue weighted by molar-refractivity contribution is 0.415. The second kappa shape index (κ2) is 4.70. The van der Waals surface area contributed by atoms with Gasteiger partial charge in [-0.15, -0.1) is 0 Å². The molecule has 0 aromatic heterocycles. The Balaban J connectivity index is 3.03. The molecule has 0 N–H and O–H groups in total. The molecule has 0 atom stereocenters. The number of rotatable bonds is 2. The van der Waals surface area contributed by atoms with Crippen molar-refractivity contribution in [2.24, 2.45) is 4.99 Å². The van der Waals surface area contributed by atoms with Gasteiger partial charge in [0.25, 0.3) is 0 Å². The number of hydrogen-bond donors (Lipinski definition) is 0. The highest BCUT2D eigenvalue weighted by Crippen LogP contribution is 2.28. The van der Waals surface area contributed by atoms with Gasteiger partial charge < -0.3 is 4.74 Å². The normalized spacial score (nSPS) is 9.54. The first-order valence-corrected chi connectivity index (χ1v) is 4.50. The van der Waals surface area contributed by atoms with Crippen LogP contribution in [0.1, 0.15) is 0 Å². The zero-order valence-corrected chi connectivity index (χ0v) is 8.99. The Kier molecular flexibility index (Phi) is 3.85. The Hall–Kier alpha value is -0.440.